The van der Waals surface area contributed by atoms with Gasteiger partial charge in [-0.05, 0) is 17.9 Å². The fourth-order valence-electron chi connectivity index (χ4n) is 3.49. The third-order valence-electron chi connectivity index (χ3n) is 4.36. The van der Waals surface area contributed by atoms with Crippen LogP contribution in [0.5, 0.6) is 0 Å². The molecule has 1 aliphatic heterocycles. The number of allylic oxidation sites excluding steroid dienone is 1. The molecule has 2 aliphatic carbocycles. The van der Waals surface area contributed by atoms with E-state index < -0.39 is 0 Å². The summed E-state index contributed by atoms with van der Waals surface area (Å²) in [6.07, 6.45) is 7.38. The third kappa shape index (κ3) is 1.36. The van der Waals surface area contributed by atoms with Crippen LogP contribution in [0.1, 0.15) is 18.4 Å². The molecule has 0 unspecified atom stereocenters. The van der Waals surface area contributed by atoms with E-state index >= 15 is 0 Å². The molecule has 86 valence electrons. The average Bonchev–Trinajstić information content (AvgIpc) is 3.01. The van der Waals surface area contributed by atoms with Crippen molar-refractivity contribution in [2.75, 3.05) is 0 Å². The highest BCUT2D eigenvalue weighted by atomic mass is 16.6. The summed E-state index contributed by atoms with van der Waals surface area (Å²) >= 11 is 0. The number of hydrogen-bond acceptors (Lipinski definition) is 2. The quantitative estimate of drug-likeness (QED) is 0.673. The first-order chi connectivity index (χ1) is 8.42. The first-order valence-electron chi connectivity index (χ1n) is 6.38. The van der Waals surface area contributed by atoms with Crippen molar-refractivity contribution in [3.63, 3.8) is 0 Å². The molecule has 17 heavy (non-hydrogen) atoms. The molecule has 4 atom stereocenters. The highest BCUT2D eigenvalue weighted by Crippen LogP contribution is 2.48. The molecule has 1 saturated carbocycles. The lowest BCUT2D eigenvalue weighted by molar-refractivity contribution is -0.00244. The molecule has 0 aromatic heterocycles. The Morgan fingerprint density at radius 2 is 1.88 bits per heavy atom. The van der Waals surface area contributed by atoms with E-state index in [2.05, 4.69) is 41.6 Å². The van der Waals surface area contributed by atoms with Crippen LogP contribution in [0.4, 0.5) is 0 Å². The maximum atomic E-state index is 5.74. The van der Waals surface area contributed by atoms with Gasteiger partial charge in [-0.25, -0.2) is 0 Å². The van der Waals surface area contributed by atoms with Crippen LogP contribution in [0, 0.1) is 17.8 Å². The molecule has 1 heterocycles. The van der Waals surface area contributed by atoms with E-state index in [-0.39, 0.29) is 0 Å². The zero-order chi connectivity index (χ0) is 11.2. The van der Waals surface area contributed by atoms with Crippen molar-refractivity contribution in [1.29, 1.82) is 0 Å². The minimum Gasteiger partial charge on any atom is -0.391 e. The summed E-state index contributed by atoms with van der Waals surface area (Å²) in [5.74, 6) is 1.99. The molecular weight excluding hydrogens is 210 g/mol. The van der Waals surface area contributed by atoms with Crippen LogP contribution in [0.3, 0.4) is 0 Å². The average molecular weight is 225 g/mol. The second-order valence-electron chi connectivity index (χ2n) is 5.29. The Balaban J connectivity index is 1.64. The van der Waals surface area contributed by atoms with Crippen molar-refractivity contribution in [3.8, 4) is 0 Å². The van der Waals surface area contributed by atoms with Gasteiger partial charge >= 0.3 is 0 Å². The van der Waals surface area contributed by atoms with Crippen molar-refractivity contribution in [1.82, 2.24) is 0 Å². The minimum absolute atomic E-state index is 0.345. The topological polar surface area (TPSA) is 21.6 Å². The predicted molar refractivity (Wildman–Crippen MR) is 66.7 cm³/mol. The van der Waals surface area contributed by atoms with Gasteiger partial charge in [0.15, 0.2) is 0 Å². The van der Waals surface area contributed by atoms with Crippen LogP contribution in [0.15, 0.2) is 47.6 Å². The molecule has 2 heteroatoms. The molecule has 0 amide bonds. The highest BCUT2D eigenvalue weighted by molar-refractivity contribution is 6.00. The van der Waals surface area contributed by atoms with Crippen molar-refractivity contribution in [3.05, 3.63) is 48.0 Å². The fourth-order valence-corrected chi connectivity index (χ4v) is 3.49. The van der Waals surface area contributed by atoms with Gasteiger partial charge in [0.2, 0.25) is 0 Å². The van der Waals surface area contributed by atoms with Crippen molar-refractivity contribution >= 4 is 5.71 Å². The predicted octanol–water partition coefficient (Wildman–Crippen LogP) is 3.00. The van der Waals surface area contributed by atoms with Crippen molar-refractivity contribution in [2.45, 2.75) is 18.9 Å². The SMILES string of the molecule is C1=C[C@H]2C[C@@H]1[C@H]1ON=C(c3ccccc3)C[C@H]12. The molecule has 0 N–H and O–H groups in total. The van der Waals surface area contributed by atoms with E-state index in [1.807, 2.05) is 6.07 Å². The van der Waals surface area contributed by atoms with Crippen LogP contribution in [0.2, 0.25) is 0 Å². The Labute approximate surface area is 101 Å². The summed E-state index contributed by atoms with van der Waals surface area (Å²) in [5, 5.41) is 4.34. The number of nitrogens with zero attached hydrogens (tertiary/aromatic N) is 1. The molecule has 3 aliphatic rings. The summed E-state index contributed by atoms with van der Waals surface area (Å²) < 4.78 is 0. The van der Waals surface area contributed by atoms with Gasteiger partial charge in [-0.15, -0.1) is 0 Å². The van der Waals surface area contributed by atoms with Gasteiger partial charge in [0.25, 0.3) is 0 Å². The third-order valence-corrected chi connectivity index (χ3v) is 4.36. The van der Waals surface area contributed by atoms with E-state index in [0.29, 0.717) is 17.9 Å². The number of hydrogen-bond donors (Lipinski definition) is 0. The molecular formula is C15H15NO. The Morgan fingerprint density at radius 3 is 2.76 bits per heavy atom. The maximum Gasteiger partial charge on any atom is 0.137 e. The normalized spacial score (nSPS) is 37.5. The molecule has 1 aromatic carbocycles. The van der Waals surface area contributed by atoms with Gasteiger partial charge in [-0.1, -0.05) is 47.6 Å². The Hall–Kier alpha value is -1.57. The fraction of sp³-hybridized carbons (Fsp3) is 0.400. The summed E-state index contributed by atoms with van der Waals surface area (Å²) in [5.41, 5.74) is 2.32. The molecule has 2 bridgehead atoms. The zero-order valence-corrected chi connectivity index (χ0v) is 9.62. The number of oxime groups is 1. The molecule has 0 radical (unpaired) electrons. The standard InChI is InChI=1S/C15H15NO/c1-2-4-10(5-3-1)14-9-13-11-6-7-12(8-11)15(13)17-16-14/h1-7,11-13,15H,8-9H2/t11-,12+,13-,15+/m0/s1. The van der Waals surface area contributed by atoms with Gasteiger partial charge in [0.05, 0.1) is 5.71 Å². The van der Waals surface area contributed by atoms with Crippen LogP contribution in [0.25, 0.3) is 0 Å². The molecule has 0 saturated heterocycles. The van der Waals surface area contributed by atoms with Crippen LogP contribution in [-0.4, -0.2) is 11.8 Å². The van der Waals surface area contributed by atoms with Crippen molar-refractivity contribution < 1.29 is 4.84 Å². The van der Waals surface area contributed by atoms with Gasteiger partial charge in [0.1, 0.15) is 6.10 Å². The Morgan fingerprint density at radius 1 is 1.06 bits per heavy atom. The second-order valence-corrected chi connectivity index (χ2v) is 5.29. The Kier molecular flexibility index (Phi) is 1.92. The van der Waals surface area contributed by atoms with E-state index in [4.69, 9.17) is 4.84 Å². The summed E-state index contributed by atoms with van der Waals surface area (Å²) in [7, 11) is 0. The lowest BCUT2D eigenvalue weighted by Crippen LogP contribution is -2.32. The maximum absolute atomic E-state index is 5.74. The molecule has 1 aromatic rings. The van der Waals surface area contributed by atoms with E-state index in [0.717, 1.165) is 18.1 Å². The number of rotatable bonds is 1. The van der Waals surface area contributed by atoms with E-state index in [9.17, 15) is 0 Å². The second kappa shape index (κ2) is 3.46. The highest BCUT2D eigenvalue weighted by Gasteiger charge is 2.48. The largest absolute Gasteiger partial charge is 0.391 e. The molecule has 0 spiro atoms. The number of benzene rings is 1. The van der Waals surface area contributed by atoms with Crippen LogP contribution < -0.4 is 0 Å². The Bertz CT molecular complexity index is 491. The summed E-state index contributed by atoms with van der Waals surface area (Å²) in [6.45, 7) is 0. The first kappa shape index (κ1) is 9.46. The van der Waals surface area contributed by atoms with Gasteiger partial charge in [-0.2, -0.15) is 0 Å². The van der Waals surface area contributed by atoms with Crippen LogP contribution in [-0.2, 0) is 4.84 Å². The van der Waals surface area contributed by atoms with Gasteiger partial charge < -0.3 is 4.84 Å². The molecule has 2 nitrogen and oxygen atoms in total. The van der Waals surface area contributed by atoms with Gasteiger partial charge in [0, 0.05) is 18.3 Å². The molecule has 4 rings (SSSR count). The lowest BCUT2D eigenvalue weighted by Gasteiger charge is -2.30. The van der Waals surface area contributed by atoms with Crippen LogP contribution >= 0.6 is 0 Å². The van der Waals surface area contributed by atoms with E-state index in [1.165, 1.54) is 12.0 Å². The van der Waals surface area contributed by atoms with Gasteiger partial charge in [-0.3, -0.25) is 0 Å². The minimum atomic E-state index is 0.345. The first-order valence-corrected chi connectivity index (χ1v) is 6.38. The van der Waals surface area contributed by atoms with Crippen molar-refractivity contribution in [2.24, 2.45) is 22.9 Å². The summed E-state index contributed by atoms with van der Waals surface area (Å²) in [6, 6.07) is 10.4. The zero-order valence-electron chi connectivity index (χ0n) is 9.62. The lowest BCUT2D eigenvalue weighted by atomic mass is 9.84. The smallest absolute Gasteiger partial charge is 0.137 e. The number of fused-ring (bicyclic) bond motifs is 5. The van der Waals surface area contributed by atoms with E-state index in [1.54, 1.807) is 0 Å². The monoisotopic (exact) mass is 225 g/mol. The molecule has 1 fully saturated rings. The summed E-state index contributed by atoms with van der Waals surface area (Å²) in [4.78, 5) is 5.74.